The van der Waals surface area contributed by atoms with E-state index in [-0.39, 0.29) is 17.9 Å². The van der Waals surface area contributed by atoms with Crippen LogP contribution in [0.25, 0.3) is 0 Å². The Balaban J connectivity index is 2.17. The minimum absolute atomic E-state index is 0.0692. The van der Waals surface area contributed by atoms with Crippen molar-refractivity contribution in [1.82, 2.24) is 4.90 Å². The third kappa shape index (κ3) is 2.89. The maximum Gasteiger partial charge on any atom is 0.242 e. The van der Waals surface area contributed by atoms with Crippen molar-refractivity contribution in [2.24, 2.45) is 0 Å². The number of likely N-dealkylation sites (N-methyl/N-ethyl adjacent to an activating group) is 1. The normalized spacial score (nSPS) is 20.3. The number of anilines is 1. The van der Waals surface area contributed by atoms with E-state index in [4.69, 9.17) is 0 Å². The average molecular weight is 308 g/mol. The molecule has 23 heavy (non-hydrogen) atoms. The van der Waals surface area contributed by atoms with Gasteiger partial charge in [0.15, 0.2) is 0 Å². The zero-order chi connectivity index (χ0) is 16.4. The smallest absolute Gasteiger partial charge is 0.242 e. The predicted molar refractivity (Wildman–Crippen MR) is 94.8 cm³/mol. The summed E-state index contributed by atoms with van der Waals surface area (Å²) in [5, 5.41) is 3.11. The molecule has 0 bridgehead atoms. The summed E-state index contributed by atoms with van der Waals surface area (Å²) in [6.45, 7) is 8.05. The number of fused-ring (bicyclic) bond motifs is 1. The lowest BCUT2D eigenvalue weighted by molar-refractivity contribution is -0.122. The van der Waals surface area contributed by atoms with Gasteiger partial charge in [0.1, 0.15) is 6.04 Å². The Kier molecular flexibility index (Phi) is 4.49. The first kappa shape index (κ1) is 15.8. The van der Waals surface area contributed by atoms with Gasteiger partial charge in [0, 0.05) is 11.6 Å². The Bertz CT molecular complexity index is 692. The van der Waals surface area contributed by atoms with Gasteiger partial charge in [0.2, 0.25) is 5.91 Å². The van der Waals surface area contributed by atoms with E-state index >= 15 is 0 Å². The van der Waals surface area contributed by atoms with Gasteiger partial charge in [-0.05, 0) is 37.2 Å². The second-order valence-corrected chi connectivity index (χ2v) is 6.13. The average Bonchev–Trinajstić information content (AvgIpc) is 2.57. The van der Waals surface area contributed by atoms with Gasteiger partial charge in [-0.2, -0.15) is 0 Å². The summed E-state index contributed by atoms with van der Waals surface area (Å²) in [6.07, 6.45) is 0. The molecule has 3 heteroatoms. The zero-order valence-electron chi connectivity index (χ0n) is 14.0. The lowest BCUT2D eigenvalue weighted by atomic mass is 9.80. The van der Waals surface area contributed by atoms with Gasteiger partial charge in [0.05, 0.1) is 0 Å². The topological polar surface area (TPSA) is 32.3 Å². The first-order valence-electron chi connectivity index (χ1n) is 8.36. The summed E-state index contributed by atoms with van der Waals surface area (Å²) in [4.78, 5) is 15.1. The minimum atomic E-state index is -0.165. The molecule has 0 radical (unpaired) electrons. The second kappa shape index (κ2) is 6.55. The number of carbonyl (C=O) groups is 1. The van der Waals surface area contributed by atoms with Gasteiger partial charge in [-0.15, -0.1) is 0 Å². The molecule has 0 aromatic heterocycles. The summed E-state index contributed by atoms with van der Waals surface area (Å²) in [5.74, 6) is 0.165. The van der Waals surface area contributed by atoms with Crippen molar-refractivity contribution >= 4 is 11.6 Å². The molecular formula is C20H24N2O. The van der Waals surface area contributed by atoms with E-state index < -0.39 is 0 Å². The van der Waals surface area contributed by atoms with E-state index in [0.29, 0.717) is 0 Å². The summed E-state index contributed by atoms with van der Waals surface area (Å²) >= 11 is 0. The molecule has 2 atom stereocenters. The van der Waals surface area contributed by atoms with Crippen molar-refractivity contribution in [3.63, 3.8) is 0 Å². The monoisotopic (exact) mass is 308 g/mol. The van der Waals surface area contributed by atoms with Gasteiger partial charge in [-0.3, -0.25) is 9.69 Å². The third-order valence-corrected chi connectivity index (χ3v) is 4.75. The molecule has 1 N–H and O–H groups in total. The maximum absolute atomic E-state index is 12.8. The molecule has 0 saturated heterocycles. The Morgan fingerprint density at radius 3 is 2.39 bits per heavy atom. The first-order valence-corrected chi connectivity index (χ1v) is 8.36. The molecule has 3 rings (SSSR count). The minimum Gasteiger partial charge on any atom is -0.324 e. The summed E-state index contributed by atoms with van der Waals surface area (Å²) in [5.41, 5.74) is 4.58. The molecule has 1 aliphatic heterocycles. The van der Waals surface area contributed by atoms with Gasteiger partial charge in [-0.1, -0.05) is 61.9 Å². The highest BCUT2D eigenvalue weighted by Crippen LogP contribution is 2.39. The lowest BCUT2D eigenvalue weighted by Crippen LogP contribution is -2.50. The van der Waals surface area contributed by atoms with Crippen LogP contribution >= 0.6 is 0 Å². The van der Waals surface area contributed by atoms with Gasteiger partial charge < -0.3 is 5.32 Å². The molecular weight excluding hydrogens is 284 g/mol. The van der Waals surface area contributed by atoms with Crippen LogP contribution in [0.3, 0.4) is 0 Å². The molecule has 0 saturated carbocycles. The van der Waals surface area contributed by atoms with Gasteiger partial charge >= 0.3 is 0 Å². The van der Waals surface area contributed by atoms with Crippen LogP contribution in [0, 0.1) is 6.92 Å². The second-order valence-electron chi connectivity index (χ2n) is 6.13. The molecule has 0 fully saturated rings. The molecule has 1 aliphatic rings. The van der Waals surface area contributed by atoms with Crippen LogP contribution in [-0.2, 0) is 4.79 Å². The van der Waals surface area contributed by atoms with E-state index in [1.165, 1.54) is 16.7 Å². The van der Waals surface area contributed by atoms with E-state index in [1.807, 2.05) is 12.1 Å². The van der Waals surface area contributed by atoms with E-state index in [1.54, 1.807) is 0 Å². The number of aryl methyl sites for hydroxylation is 1. The molecule has 3 nitrogen and oxygen atoms in total. The molecule has 1 heterocycles. The van der Waals surface area contributed by atoms with Crippen LogP contribution in [0.5, 0.6) is 0 Å². The van der Waals surface area contributed by atoms with Crippen LogP contribution in [0.15, 0.2) is 48.5 Å². The SMILES string of the molecule is CCN(CC)[C@H]1C(=O)Nc2ccc(C)cc2[C@H]1c1ccccc1. The molecule has 1 amide bonds. The number of nitrogens with zero attached hydrogens (tertiary/aromatic N) is 1. The predicted octanol–water partition coefficient (Wildman–Crippen LogP) is 3.79. The number of benzene rings is 2. The lowest BCUT2D eigenvalue weighted by Gasteiger charge is -2.39. The zero-order valence-corrected chi connectivity index (χ0v) is 14.0. The summed E-state index contributed by atoms with van der Waals surface area (Å²) < 4.78 is 0. The highest BCUT2D eigenvalue weighted by molar-refractivity contribution is 5.99. The summed E-state index contributed by atoms with van der Waals surface area (Å²) in [6, 6.07) is 16.5. The largest absolute Gasteiger partial charge is 0.324 e. The fraction of sp³-hybridized carbons (Fsp3) is 0.350. The molecule has 2 aromatic carbocycles. The van der Waals surface area contributed by atoms with Crippen LogP contribution in [-0.4, -0.2) is 29.9 Å². The van der Waals surface area contributed by atoms with Crippen LogP contribution in [0.2, 0.25) is 0 Å². The first-order chi connectivity index (χ1) is 11.2. The summed E-state index contributed by atoms with van der Waals surface area (Å²) in [7, 11) is 0. The Hall–Kier alpha value is -2.13. The molecule has 2 aromatic rings. The van der Waals surface area contributed by atoms with Gasteiger partial charge in [0.25, 0.3) is 0 Å². The van der Waals surface area contributed by atoms with E-state index in [0.717, 1.165) is 18.8 Å². The third-order valence-electron chi connectivity index (χ3n) is 4.75. The number of carbonyl (C=O) groups excluding carboxylic acids is 1. The van der Waals surface area contributed by atoms with Crippen molar-refractivity contribution < 1.29 is 4.79 Å². The number of hydrogen-bond acceptors (Lipinski definition) is 2. The van der Waals surface area contributed by atoms with Crippen molar-refractivity contribution in [3.05, 3.63) is 65.2 Å². The van der Waals surface area contributed by atoms with Crippen molar-refractivity contribution in [2.75, 3.05) is 18.4 Å². The number of hydrogen-bond donors (Lipinski definition) is 1. The van der Waals surface area contributed by atoms with E-state index in [9.17, 15) is 4.79 Å². The number of nitrogens with one attached hydrogen (secondary N) is 1. The highest BCUT2D eigenvalue weighted by Gasteiger charge is 2.39. The number of amides is 1. The molecule has 0 aliphatic carbocycles. The standard InChI is InChI=1S/C20H24N2O/c1-4-22(5-2)19-18(15-9-7-6-8-10-15)16-13-14(3)11-12-17(16)21-20(19)23/h6-13,18-19H,4-5H2,1-3H3,(H,21,23)/t18-,19-/m1/s1. The van der Waals surface area contributed by atoms with Crippen LogP contribution in [0.4, 0.5) is 5.69 Å². The fourth-order valence-electron chi connectivity index (χ4n) is 3.60. The fourth-order valence-corrected chi connectivity index (χ4v) is 3.60. The van der Waals surface area contributed by atoms with Crippen LogP contribution in [0.1, 0.15) is 36.5 Å². The maximum atomic E-state index is 12.8. The number of rotatable bonds is 4. The van der Waals surface area contributed by atoms with Gasteiger partial charge in [-0.25, -0.2) is 0 Å². The van der Waals surface area contributed by atoms with Crippen LogP contribution < -0.4 is 5.32 Å². The Labute approximate surface area is 138 Å². The molecule has 0 spiro atoms. The van der Waals surface area contributed by atoms with Crippen molar-refractivity contribution in [3.8, 4) is 0 Å². The van der Waals surface area contributed by atoms with Crippen molar-refractivity contribution in [2.45, 2.75) is 32.7 Å². The van der Waals surface area contributed by atoms with Crippen molar-refractivity contribution in [1.29, 1.82) is 0 Å². The molecule has 120 valence electrons. The Morgan fingerprint density at radius 2 is 1.74 bits per heavy atom. The Morgan fingerprint density at radius 1 is 1.04 bits per heavy atom. The molecule has 0 unspecified atom stereocenters. The highest BCUT2D eigenvalue weighted by atomic mass is 16.2. The quantitative estimate of drug-likeness (QED) is 0.932. The van der Waals surface area contributed by atoms with E-state index in [2.05, 4.69) is 67.4 Å².